The van der Waals surface area contributed by atoms with E-state index in [-0.39, 0.29) is 11.5 Å². The predicted molar refractivity (Wildman–Crippen MR) is 101 cm³/mol. The second-order valence-electron chi connectivity index (χ2n) is 5.40. The highest BCUT2D eigenvalue weighted by molar-refractivity contribution is 7.99. The van der Waals surface area contributed by atoms with Crippen LogP contribution in [0.25, 0.3) is 0 Å². The Morgan fingerprint density at radius 2 is 1.73 bits per heavy atom. The van der Waals surface area contributed by atoms with Gasteiger partial charge in [0.1, 0.15) is 5.75 Å². The van der Waals surface area contributed by atoms with E-state index in [0.717, 1.165) is 10.5 Å². The Kier molecular flexibility index (Phi) is 7.50. The van der Waals surface area contributed by atoms with Crippen molar-refractivity contribution in [3.05, 3.63) is 54.1 Å². The lowest BCUT2D eigenvalue weighted by Gasteiger charge is -2.08. The summed E-state index contributed by atoms with van der Waals surface area (Å²) in [6, 6.07) is 13.9. The summed E-state index contributed by atoms with van der Waals surface area (Å²) >= 11 is 1.52. The molecule has 0 saturated carbocycles. The first kappa shape index (κ1) is 20.3. The zero-order chi connectivity index (χ0) is 19.0. The van der Waals surface area contributed by atoms with E-state index >= 15 is 0 Å². The normalized spacial score (nSPS) is 11.2. The molecule has 140 valence electrons. The van der Waals surface area contributed by atoms with Gasteiger partial charge < -0.3 is 9.47 Å². The zero-order valence-electron chi connectivity index (χ0n) is 14.6. The van der Waals surface area contributed by atoms with Crippen LogP contribution in [0.3, 0.4) is 0 Å². The number of nitrogens with one attached hydrogen (secondary N) is 1. The number of carbonyl (C=O) groups excluding carboxylic acids is 1. The molecule has 0 unspecified atom stereocenters. The molecule has 2 rings (SSSR count). The highest BCUT2D eigenvalue weighted by atomic mass is 32.2. The Morgan fingerprint density at radius 3 is 2.35 bits per heavy atom. The quantitative estimate of drug-likeness (QED) is 0.399. The van der Waals surface area contributed by atoms with Gasteiger partial charge >= 0.3 is 5.97 Å². The molecule has 0 saturated heterocycles. The molecule has 0 amide bonds. The lowest BCUT2D eigenvalue weighted by Crippen LogP contribution is -2.26. The lowest BCUT2D eigenvalue weighted by atomic mass is 10.2. The first-order chi connectivity index (χ1) is 12.4. The number of aryl methyl sites for hydroxylation is 1. The summed E-state index contributed by atoms with van der Waals surface area (Å²) in [4.78, 5) is 12.3. The minimum Gasteiger partial charge on any atom is -0.482 e. The Balaban J connectivity index is 1.77. The maximum atomic E-state index is 12.2. The van der Waals surface area contributed by atoms with Gasteiger partial charge in [0, 0.05) is 17.2 Å². The van der Waals surface area contributed by atoms with E-state index in [2.05, 4.69) is 9.46 Å². The molecule has 0 aliphatic heterocycles. The minimum absolute atomic E-state index is 0.135. The number of methoxy groups -OCH3 is 1. The van der Waals surface area contributed by atoms with Crippen molar-refractivity contribution >= 4 is 27.8 Å². The average molecular weight is 396 g/mol. The van der Waals surface area contributed by atoms with Crippen molar-refractivity contribution in [1.29, 1.82) is 0 Å². The molecule has 0 bridgehead atoms. The topological polar surface area (TPSA) is 81.7 Å². The van der Waals surface area contributed by atoms with Crippen LogP contribution in [0.2, 0.25) is 0 Å². The molecular weight excluding hydrogens is 374 g/mol. The molecular formula is C18H21NO5S2. The second-order valence-corrected chi connectivity index (χ2v) is 8.33. The summed E-state index contributed by atoms with van der Waals surface area (Å²) in [5.74, 6) is 0.720. The van der Waals surface area contributed by atoms with Crippen LogP contribution in [-0.2, 0) is 19.6 Å². The Hall–Kier alpha value is -2.03. The lowest BCUT2D eigenvalue weighted by molar-refractivity contribution is -0.142. The van der Waals surface area contributed by atoms with E-state index in [1.54, 1.807) is 36.4 Å². The molecule has 0 fully saturated rings. The van der Waals surface area contributed by atoms with Crippen molar-refractivity contribution in [3.63, 3.8) is 0 Å². The number of hydrogen-bond acceptors (Lipinski definition) is 6. The van der Waals surface area contributed by atoms with Gasteiger partial charge in [-0.1, -0.05) is 17.7 Å². The highest BCUT2D eigenvalue weighted by Gasteiger charge is 2.12. The molecule has 1 N–H and O–H groups in total. The van der Waals surface area contributed by atoms with Crippen molar-refractivity contribution in [2.24, 2.45) is 0 Å². The Bertz CT molecular complexity index is 818. The average Bonchev–Trinajstić information content (AvgIpc) is 2.64. The van der Waals surface area contributed by atoms with E-state index in [4.69, 9.17) is 4.74 Å². The summed E-state index contributed by atoms with van der Waals surface area (Å²) in [6.07, 6.45) is 0. The van der Waals surface area contributed by atoms with E-state index in [1.165, 1.54) is 18.9 Å². The van der Waals surface area contributed by atoms with E-state index < -0.39 is 16.0 Å². The third kappa shape index (κ3) is 6.36. The third-order valence-corrected chi connectivity index (χ3v) is 5.89. The number of benzene rings is 2. The van der Waals surface area contributed by atoms with Crippen LogP contribution in [0.5, 0.6) is 5.75 Å². The van der Waals surface area contributed by atoms with Crippen LogP contribution >= 0.6 is 11.8 Å². The fourth-order valence-corrected chi connectivity index (χ4v) is 3.91. The van der Waals surface area contributed by atoms with Gasteiger partial charge in [0.15, 0.2) is 6.61 Å². The molecule has 6 nitrogen and oxygen atoms in total. The Morgan fingerprint density at radius 1 is 1.08 bits per heavy atom. The van der Waals surface area contributed by atoms with Crippen LogP contribution in [0.15, 0.2) is 58.3 Å². The maximum Gasteiger partial charge on any atom is 0.343 e. The molecule has 2 aromatic carbocycles. The highest BCUT2D eigenvalue weighted by Crippen LogP contribution is 2.21. The molecule has 2 aromatic rings. The van der Waals surface area contributed by atoms with Gasteiger partial charge in [0.25, 0.3) is 0 Å². The van der Waals surface area contributed by atoms with Crippen LogP contribution < -0.4 is 9.46 Å². The zero-order valence-corrected chi connectivity index (χ0v) is 16.2. The molecule has 0 aliphatic carbocycles. The standard InChI is InChI=1S/C18H21NO5S2/c1-14-3-9-17(10-4-14)26(21,22)19-11-12-25-16-7-5-15(6-8-16)24-13-18(20)23-2/h3-10,19H,11-13H2,1-2H3. The number of ether oxygens (including phenoxy) is 2. The molecule has 8 heteroatoms. The molecule has 0 heterocycles. The largest absolute Gasteiger partial charge is 0.482 e. The Labute approximate surface area is 158 Å². The van der Waals surface area contributed by atoms with E-state index in [9.17, 15) is 13.2 Å². The molecule has 26 heavy (non-hydrogen) atoms. The van der Waals surface area contributed by atoms with Crippen molar-refractivity contribution in [3.8, 4) is 5.75 Å². The van der Waals surface area contributed by atoms with Gasteiger partial charge in [-0.25, -0.2) is 17.9 Å². The molecule has 0 atom stereocenters. The van der Waals surface area contributed by atoms with Crippen molar-refractivity contribution in [2.75, 3.05) is 26.0 Å². The molecule has 0 aromatic heterocycles. The first-order valence-electron chi connectivity index (χ1n) is 7.89. The second kappa shape index (κ2) is 9.61. The SMILES string of the molecule is COC(=O)COc1ccc(SCCNS(=O)(=O)c2ccc(C)cc2)cc1. The van der Waals surface area contributed by atoms with Crippen LogP contribution in [0.4, 0.5) is 0 Å². The first-order valence-corrected chi connectivity index (χ1v) is 10.4. The predicted octanol–water partition coefficient (Wildman–Crippen LogP) is 2.62. The van der Waals surface area contributed by atoms with Crippen LogP contribution in [0.1, 0.15) is 5.56 Å². The van der Waals surface area contributed by atoms with Gasteiger partial charge in [-0.15, -0.1) is 11.8 Å². The van der Waals surface area contributed by atoms with Gasteiger partial charge in [0.2, 0.25) is 10.0 Å². The fraction of sp³-hybridized carbons (Fsp3) is 0.278. The van der Waals surface area contributed by atoms with Crippen molar-refractivity contribution < 1.29 is 22.7 Å². The maximum absolute atomic E-state index is 12.2. The number of thioether (sulfide) groups is 1. The number of esters is 1. The summed E-state index contributed by atoms with van der Waals surface area (Å²) < 4.78 is 36.7. The molecule has 0 spiro atoms. The van der Waals surface area contributed by atoms with E-state index in [1.807, 2.05) is 19.1 Å². The number of sulfonamides is 1. The smallest absolute Gasteiger partial charge is 0.343 e. The number of carbonyl (C=O) groups is 1. The van der Waals surface area contributed by atoms with Crippen molar-refractivity contribution in [1.82, 2.24) is 4.72 Å². The minimum atomic E-state index is -3.48. The van der Waals surface area contributed by atoms with Gasteiger partial charge in [-0.3, -0.25) is 0 Å². The van der Waals surface area contributed by atoms with E-state index in [0.29, 0.717) is 18.0 Å². The van der Waals surface area contributed by atoms with Gasteiger partial charge in [0.05, 0.1) is 12.0 Å². The summed E-state index contributed by atoms with van der Waals surface area (Å²) in [6.45, 7) is 2.09. The van der Waals surface area contributed by atoms with Crippen LogP contribution in [-0.4, -0.2) is 40.4 Å². The number of hydrogen-bond donors (Lipinski definition) is 1. The summed E-state index contributed by atoms with van der Waals surface area (Å²) in [5, 5.41) is 0. The van der Waals surface area contributed by atoms with Gasteiger partial charge in [-0.05, 0) is 43.3 Å². The fourth-order valence-electron chi connectivity index (χ4n) is 1.98. The van der Waals surface area contributed by atoms with Crippen molar-refractivity contribution in [2.45, 2.75) is 16.7 Å². The summed E-state index contributed by atoms with van der Waals surface area (Å²) in [5.41, 5.74) is 1.01. The van der Waals surface area contributed by atoms with Crippen LogP contribution in [0, 0.1) is 6.92 Å². The monoisotopic (exact) mass is 395 g/mol. The third-order valence-electron chi connectivity index (χ3n) is 3.40. The molecule has 0 aliphatic rings. The number of rotatable bonds is 9. The molecule has 0 radical (unpaired) electrons. The van der Waals surface area contributed by atoms with Gasteiger partial charge in [-0.2, -0.15) is 0 Å². The summed E-state index contributed by atoms with van der Waals surface area (Å²) in [7, 11) is -2.18.